The molecule has 1 unspecified atom stereocenters. The Labute approximate surface area is 177 Å². The molecule has 0 saturated carbocycles. The molecule has 5 heteroatoms. The van der Waals surface area contributed by atoms with Crippen LogP contribution in [0, 0.1) is 0 Å². The lowest BCUT2D eigenvalue weighted by Crippen LogP contribution is -2.51. The third-order valence-corrected chi connectivity index (χ3v) is 6.56. The fourth-order valence-corrected chi connectivity index (χ4v) is 5.07. The van der Waals surface area contributed by atoms with E-state index in [4.69, 9.17) is 4.74 Å². The molecule has 3 atom stereocenters. The fourth-order valence-electron chi connectivity index (χ4n) is 5.07. The quantitative estimate of drug-likeness (QED) is 0.675. The number of rotatable bonds is 5. The number of ether oxygens (including phenoxy) is 1. The van der Waals surface area contributed by atoms with Gasteiger partial charge < -0.3 is 19.9 Å². The first kappa shape index (κ1) is 19.3. The predicted octanol–water partition coefficient (Wildman–Crippen LogP) is 4.06. The number of aryl methyl sites for hydroxylation is 1. The number of nitrogens with zero attached hydrogens (tertiary/aromatic N) is 1. The Hall–Kier alpha value is -2.63. The van der Waals surface area contributed by atoms with E-state index in [2.05, 4.69) is 34.6 Å². The molecule has 0 radical (unpaired) electrons. The number of H-pyrrole nitrogens is 1. The van der Waals surface area contributed by atoms with E-state index in [0.29, 0.717) is 31.5 Å². The van der Waals surface area contributed by atoms with Crippen LogP contribution in [0.3, 0.4) is 0 Å². The lowest BCUT2D eigenvalue weighted by molar-refractivity contribution is 0.000932. The standard InChI is InChI=1S/C25H29N3O2/c1-2-28(25(29)24-13-18-8-4-6-10-22(18)27-24)20-14-19(15-30-16-20)26-23-12-11-17-7-3-5-9-21(17)23/h3-10,13,19-20,23,26-27H,2,11-12,14-16H2,1H3/t19?,20-,23-/m1/s1. The van der Waals surface area contributed by atoms with Crippen LogP contribution >= 0.6 is 0 Å². The minimum atomic E-state index is 0.0502. The summed E-state index contributed by atoms with van der Waals surface area (Å²) in [4.78, 5) is 18.5. The second-order valence-electron chi connectivity index (χ2n) is 8.44. The normalized spacial score (nSPS) is 23.4. The molecule has 0 bridgehead atoms. The van der Waals surface area contributed by atoms with E-state index < -0.39 is 0 Å². The van der Waals surface area contributed by atoms with Gasteiger partial charge in [0, 0.05) is 29.5 Å². The number of benzene rings is 2. The molecule has 1 aliphatic carbocycles. The highest BCUT2D eigenvalue weighted by Crippen LogP contribution is 2.32. The van der Waals surface area contributed by atoms with Crippen LogP contribution in [0.25, 0.3) is 10.9 Å². The van der Waals surface area contributed by atoms with Gasteiger partial charge in [-0.2, -0.15) is 0 Å². The molecule has 156 valence electrons. The van der Waals surface area contributed by atoms with Crippen molar-refractivity contribution in [3.05, 3.63) is 71.4 Å². The number of aromatic nitrogens is 1. The number of likely N-dealkylation sites (N-methyl/N-ethyl adjacent to an activating group) is 1. The molecular weight excluding hydrogens is 374 g/mol. The number of aromatic amines is 1. The van der Waals surface area contributed by atoms with Crippen molar-refractivity contribution in [2.24, 2.45) is 0 Å². The third kappa shape index (κ3) is 3.64. The molecule has 5 nitrogen and oxygen atoms in total. The maximum absolute atomic E-state index is 13.3. The van der Waals surface area contributed by atoms with Gasteiger partial charge in [0.1, 0.15) is 5.69 Å². The summed E-state index contributed by atoms with van der Waals surface area (Å²) in [6.07, 6.45) is 3.18. The maximum atomic E-state index is 13.3. The highest BCUT2D eigenvalue weighted by atomic mass is 16.5. The van der Waals surface area contributed by atoms with E-state index in [1.165, 1.54) is 11.1 Å². The summed E-state index contributed by atoms with van der Waals surface area (Å²) in [7, 11) is 0. The summed E-state index contributed by atoms with van der Waals surface area (Å²) in [6.45, 7) is 4.01. The van der Waals surface area contributed by atoms with Crippen LogP contribution in [0.5, 0.6) is 0 Å². The highest BCUT2D eigenvalue weighted by Gasteiger charge is 2.33. The zero-order chi connectivity index (χ0) is 20.5. The van der Waals surface area contributed by atoms with Crippen molar-refractivity contribution >= 4 is 16.8 Å². The van der Waals surface area contributed by atoms with Crippen LogP contribution in [0.2, 0.25) is 0 Å². The average Bonchev–Trinajstić information content (AvgIpc) is 3.39. The fraction of sp³-hybridized carbons (Fsp3) is 0.400. The van der Waals surface area contributed by atoms with Gasteiger partial charge in [0.05, 0.1) is 19.3 Å². The molecule has 5 rings (SSSR count). The number of nitrogens with one attached hydrogen (secondary N) is 2. The minimum absolute atomic E-state index is 0.0502. The van der Waals surface area contributed by atoms with Crippen molar-refractivity contribution < 1.29 is 9.53 Å². The van der Waals surface area contributed by atoms with Crippen LogP contribution in [0.1, 0.15) is 47.4 Å². The van der Waals surface area contributed by atoms with E-state index >= 15 is 0 Å². The minimum Gasteiger partial charge on any atom is -0.378 e. The van der Waals surface area contributed by atoms with Crippen molar-refractivity contribution in [1.29, 1.82) is 0 Å². The van der Waals surface area contributed by atoms with Gasteiger partial charge in [-0.25, -0.2) is 0 Å². The number of para-hydroxylation sites is 1. The summed E-state index contributed by atoms with van der Waals surface area (Å²) >= 11 is 0. The van der Waals surface area contributed by atoms with Crippen LogP contribution < -0.4 is 5.32 Å². The molecule has 2 heterocycles. The average molecular weight is 404 g/mol. The van der Waals surface area contributed by atoms with Crippen molar-refractivity contribution in [3.8, 4) is 0 Å². The monoisotopic (exact) mass is 403 g/mol. The van der Waals surface area contributed by atoms with Gasteiger partial charge in [-0.3, -0.25) is 4.79 Å². The summed E-state index contributed by atoms with van der Waals surface area (Å²) in [5.41, 5.74) is 4.52. The first-order chi connectivity index (χ1) is 14.7. The molecule has 3 aromatic rings. The first-order valence-electron chi connectivity index (χ1n) is 11.0. The number of carbonyl (C=O) groups excluding carboxylic acids is 1. The Bertz CT molecular complexity index is 1010. The Morgan fingerprint density at radius 2 is 2.00 bits per heavy atom. The molecule has 2 N–H and O–H groups in total. The van der Waals surface area contributed by atoms with E-state index in [-0.39, 0.29) is 18.0 Å². The third-order valence-electron chi connectivity index (χ3n) is 6.56. The predicted molar refractivity (Wildman–Crippen MR) is 119 cm³/mol. The Balaban J connectivity index is 1.29. The van der Waals surface area contributed by atoms with Crippen molar-refractivity contribution in [3.63, 3.8) is 0 Å². The Kier molecular flexibility index (Phi) is 5.32. The van der Waals surface area contributed by atoms with Crippen molar-refractivity contribution in [2.75, 3.05) is 19.8 Å². The van der Waals surface area contributed by atoms with Crippen LogP contribution in [0.15, 0.2) is 54.6 Å². The molecule has 2 aromatic carbocycles. The number of hydrogen-bond donors (Lipinski definition) is 2. The van der Waals surface area contributed by atoms with Crippen molar-refractivity contribution in [2.45, 2.75) is 44.3 Å². The van der Waals surface area contributed by atoms with Gasteiger partial charge in [0.25, 0.3) is 5.91 Å². The molecule has 1 aliphatic heterocycles. The van der Waals surface area contributed by atoms with Gasteiger partial charge in [0.2, 0.25) is 0 Å². The molecule has 0 spiro atoms. The maximum Gasteiger partial charge on any atom is 0.270 e. The van der Waals surface area contributed by atoms with Gasteiger partial charge in [-0.15, -0.1) is 0 Å². The summed E-state index contributed by atoms with van der Waals surface area (Å²) < 4.78 is 5.95. The molecule has 2 aliphatic rings. The summed E-state index contributed by atoms with van der Waals surface area (Å²) in [5, 5.41) is 4.88. The summed E-state index contributed by atoms with van der Waals surface area (Å²) in [5.74, 6) is 0.0502. The lowest BCUT2D eigenvalue weighted by atomic mass is 10.0. The largest absolute Gasteiger partial charge is 0.378 e. The van der Waals surface area contributed by atoms with Gasteiger partial charge >= 0.3 is 0 Å². The second-order valence-corrected chi connectivity index (χ2v) is 8.44. The highest BCUT2D eigenvalue weighted by molar-refractivity contribution is 5.98. The van der Waals surface area contributed by atoms with Gasteiger partial charge in [-0.1, -0.05) is 42.5 Å². The van der Waals surface area contributed by atoms with E-state index in [1.807, 2.05) is 42.2 Å². The van der Waals surface area contributed by atoms with Gasteiger partial charge in [-0.05, 0) is 49.4 Å². The number of fused-ring (bicyclic) bond motifs is 2. The van der Waals surface area contributed by atoms with E-state index in [0.717, 1.165) is 30.2 Å². The van der Waals surface area contributed by atoms with E-state index in [1.54, 1.807) is 0 Å². The smallest absolute Gasteiger partial charge is 0.270 e. The molecular formula is C25H29N3O2. The zero-order valence-electron chi connectivity index (χ0n) is 17.4. The van der Waals surface area contributed by atoms with Crippen LogP contribution in [0.4, 0.5) is 0 Å². The van der Waals surface area contributed by atoms with E-state index in [9.17, 15) is 4.79 Å². The Morgan fingerprint density at radius 3 is 2.87 bits per heavy atom. The SMILES string of the molecule is CCN(C(=O)c1cc2ccccc2[nH]1)[C@H]1COCC(N[C@@H]2CCc3ccccc32)C1. The number of amides is 1. The lowest BCUT2D eigenvalue weighted by Gasteiger charge is -2.38. The molecule has 1 saturated heterocycles. The zero-order valence-corrected chi connectivity index (χ0v) is 17.4. The Morgan fingerprint density at radius 1 is 1.17 bits per heavy atom. The molecule has 1 aromatic heterocycles. The second kappa shape index (κ2) is 8.25. The van der Waals surface area contributed by atoms with Crippen molar-refractivity contribution in [1.82, 2.24) is 15.2 Å². The topological polar surface area (TPSA) is 57.4 Å². The van der Waals surface area contributed by atoms with Crippen LogP contribution in [-0.2, 0) is 11.2 Å². The summed E-state index contributed by atoms with van der Waals surface area (Å²) in [6, 6.07) is 19.4. The van der Waals surface area contributed by atoms with Crippen LogP contribution in [-0.4, -0.2) is 47.6 Å². The molecule has 1 amide bonds. The number of hydrogen-bond acceptors (Lipinski definition) is 3. The number of carbonyl (C=O) groups is 1. The van der Waals surface area contributed by atoms with Gasteiger partial charge in [0.15, 0.2) is 0 Å². The molecule has 30 heavy (non-hydrogen) atoms. The molecule has 1 fully saturated rings. The first-order valence-corrected chi connectivity index (χ1v) is 11.0.